The molecule has 4 aromatic rings. The maximum absolute atomic E-state index is 5.33. The van der Waals surface area contributed by atoms with Gasteiger partial charge < -0.3 is 4.90 Å². The Balaban J connectivity index is 1.59. The van der Waals surface area contributed by atoms with Gasteiger partial charge in [-0.05, 0) is 48.1 Å². The normalized spacial score (nSPS) is 20.5. The monoisotopic (exact) mass is 428 g/mol. The van der Waals surface area contributed by atoms with Gasteiger partial charge in [0.1, 0.15) is 0 Å². The minimum Gasteiger partial charge on any atom is -0.366 e. The number of aliphatic imine (C=N–C) groups is 1. The third-order valence-corrected chi connectivity index (χ3v) is 7.06. The van der Waals surface area contributed by atoms with Crippen LogP contribution in [0.3, 0.4) is 0 Å². The first-order chi connectivity index (χ1) is 16.4. The molecule has 0 bridgehead atoms. The number of para-hydroxylation sites is 2. The van der Waals surface area contributed by atoms with Gasteiger partial charge in [-0.1, -0.05) is 97.1 Å². The molecule has 2 atom stereocenters. The van der Waals surface area contributed by atoms with Gasteiger partial charge in [0.25, 0.3) is 0 Å². The molecule has 2 aliphatic rings. The van der Waals surface area contributed by atoms with Crippen molar-refractivity contribution in [2.45, 2.75) is 31.2 Å². The van der Waals surface area contributed by atoms with E-state index in [1.54, 1.807) is 0 Å². The predicted molar refractivity (Wildman–Crippen MR) is 138 cm³/mol. The van der Waals surface area contributed by atoms with Gasteiger partial charge >= 0.3 is 0 Å². The number of aryl methyl sites for hydroxylation is 1. The molecule has 2 heteroatoms. The van der Waals surface area contributed by atoms with Crippen LogP contribution in [0.15, 0.2) is 114 Å². The van der Waals surface area contributed by atoms with Gasteiger partial charge in [-0.15, -0.1) is 0 Å². The molecule has 162 valence electrons. The Kier molecular flexibility index (Phi) is 5.28. The van der Waals surface area contributed by atoms with Crippen molar-refractivity contribution in [1.29, 1.82) is 0 Å². The summed E-state index contributed by atoms with van der Waals surface area (Å²) in [4.78, 5) is 8.03. The quantitative estimate of drug-likeness (QED) is 0.343. The molecule has 0 N–H and O–H groups in total. The van der Waals surface area contributed by atoms with Crippen molar-refractivity contribution in [3.63, 3.8) is 0 Å². The van der Waals surface area contributed by atoms with Crippen LogP contribution in [0.5, 0.6) is 0 Å². The Hall–Kier alpha value is -3.65. The molecule has 0 saturated heterocycles. The zero-order valence-corrected chi connectivity index (χ0v) is 18.8. The van der Waals surface area contributed by atoms with Crippen molar-refractivity contribution in [1.82, 2.24) is 0 Å². The summed E-state index contributed by atoms with van der Waals surface area (Å²) < 4.78 is 0. The lowest BCUT2D eigenvalue weighted by Gasteiger charge is -2.47. The summed E-state index contributed by atoms with van der Waals surface area (Å²) in [5.41, 5.74) is 9.12. The van der Waals surface area contributed by atoms with Gasteiger partial charge in [-0.25, -0.2) is 0 Å². The van der Waals surface area contributed by atoms with Gasteiger partial charge in [0.05, 0.1) is 11.4 Å². The minimum absolute atomic E-state index is 0.201. The van der Waals surface area contributed by atoms with Crippen LogP contribution in [-0.2, 0) is 12.8 Å². The molecule has 0 radical (unpaired) electrons. The maximum Gasteiger partial charge on any atom is 0.0633 e. The van der Waals surface area contributed by atoms with E-state index in [1.165, 1.54) is 40.1 Å². The highest BCUT2D eigenvalue weighted by Gasteiger charge is 2.41. The van der Waals surface area contributed by atoms with E-state index >= 15 is 0 Å². The average Bonchev–Trinajstić information content (AvgIpc) is 2.88. The van der Waals surface area contributed by atoms with E-state index in [9.17, 15) is 0 Å². The molecular formula is C31H28N2. The summed E-state index contributed by atoms with van der Waals surface area (Å²) in [6.45, 7) is 1.10. The maximum atomic E-state index is 5.33. The third-order valence-electron chi connectivity index (χ3n) is 7.06. The summed E-state index contributed by atoms with van der Waals surface area (Å²) in [5.74, 6) is 0.201. The fourth-order valence-corrected chi connectivity index (χ4v) is 5.65. The Labute approximate surface area is 196 Å². The van der Waals surface area contributed by atoms with Crippen molar-refractivity contribution >= 4 is 17.1 Å². The molecule has 4 aromatic carbocycles. The number of anilines is 1. The van der Waals surface area contributed by atoms with Crippen LogP contribution < -0.4 is 4.90 Å². The number of hydrogen-bond acceptors (Lipinski definition) is 2. The summed E-state index contributed by atoms with van der Waals surface area (Å²) in [6, 6.07) is 39.5. The third kappa shape index (κ3) is 3.76. The van der Waals surface area contributed by atoms with E-state index in [4.69, 9.17) is 4.99 Å². The number of hydrogen-bond donors (Lipinski definition) is 0. The predicted octanol–water partition coefficient (Wildman–Crippen LogP) is 6.97. The van der Waals surface area contributed by atoms with E-state index in [0.717, 1.165) is 25.1 Å². The van der Waals surface area contributed by atoms with Crippen molar-refractivity contribution < 1.29 is 0 Å². The first kappa shape index (κ1) is 20.0. The first-order valence-corrected chi connectivity index (χ1v) is 12.0. The molecule has 0 aromatic heterocycles. The van der Waals surface area contributed by atoms with Gasteiger partial charge in [-0.3, -0.25) is 4.99 Å². The van der Waals surface area contributed by atoms with Crippen molar-refractivity contribution in [2.24, 2.45) is 4.99 Å². The smallest absolute Gasteiger partial charge is 0.0633 e. The molecule has 2 nitrogen and oxygen atoms in total. The van der Waals surface area contributed by atoms with Crippen LogP contribution in [0.25, 0.3) is 0 Å². The van der Waals surface area contributed by atoms with E-state index in [0.29, 0.717) is 6.04 Å². The van der Waals surface area contributed by atoms with Crippen molar-refractivity contribution in [3.05, 3.63) is 131 Å². The molecule has 2 unspecified atom stereocenters. The summed E-state index contributed by atoms with van der Waals surface area (Å²) in [5, 5.41) is 0. The van der Waals surface area contributed by atoms with Crippen LogP contribution in [0, 0.1) is 0 Å². The number of nitrogens with zero attached hydrogens (tertiary/aromatic N) is 2. The summed E-state index contributed by atoms with van der Waals surface area (Å²) in [7, 11) is 0. The molecule has 33 heavy (non-hydrogen) atoms. The standard InChI is InChI=1S/C31H28N2/c1-4-12-23(13-5-1)22-28-29(24-14-6-2-7-15-24)30(32-26-18-8-3-9-19-26)27-20-10-16-25-17-11-21-33(28)31(25)27/h1-10,12-16,18-20,28-29H,11,17,21-22H2. The van der Waals surface area contributed by atoms with Crippen LogP contribution in [-0.4, -0.2) is 18.3 Å². The second-order valence-electron chi connectivity index (χ2n) is 9.09. The number of rotatable bonds is 4. The highest BCUT2D eigenvalue weighted by atomic mass is 15.2. The summed E-state index contributed by atoms with van der Waals surface area (Å²) in [6.07, 6.45) is 3.35. The SMILES string of the molecule is c1ccc(CC2C(c3ccccc3)C(=Nc3ccccc3)c3cccc4c3N2CCC4)cc1. The molecule has 0 saturated carbocycles. The highest BCUT2D eigenvalue weighted by Crippen LogP contribution is 2.45. The second-order valence-corrected chi connectivity index (χ2v) is 9.09. The lowest BCUT2D eigenvalue weighted by atomic mass is 9.75. The fraction of sp³-hybridized carbons (Fsp3) is 0.194. The lowest BCUT2D eigenvalue weighted by Crippen LogP contribution is -2.50. The van der Waals surface area contributed by atoms with Crippen molar-refractivity contribution in [2.75, 3.05) is 11.4 Å². The Morgan fingerprint density at radius 3 is 2.18 bits per heavy atom. The zero-order valence-electron chi connectivity index (χ0n) is 18.8. The highest BCUT2D eigenvalue weighted by molar-refractivity contribution is 6.13. The second kappa shape index (κ2) is 8.71. The average molecular weight is 429 g/mol. The molecule has 2 heterocycles. The van der Waals surface area contributed by atoms with Crippen LogP contribution in [0.4, 0.5) is 11.4 Å². The number of benzene rings is 4. The molecular weight excluding hydrogens is 400 g/mol. The zero-order chi connectivity index (χ0) is 22.0. The Morgan fingerprint density at radius 1 is 0.727 bits per heavy atom. The minimum atomic E-state index is 0.201. The topological polar surface area (TPSA) is 15.6 Å². The molecule has 0 spiro atoms. The van der Waals surface area contributed by atoms with E-state index in [2.05, 4.69) is 114 Å². The molecule has 2 aliphatic heterocycles. The molecule has 0 amide bonds. The van der Waals surface area contributed by atoms with Gasteiger partial charge in [0.2, 0.25) is 0 Å². The molecule has 6 rings (SSSR count). The largest absolute Gasteiger partial charge is 0.366 e. The Bertz CT molecular complexity index is 1260. The van der Waals surface area contributed by atoms with Gasteiger partial charge in [0.15, 0.2) is 0 Å². The van der Waals surface area contributed by atoms with Gasteiger partial charge in [0, 0.05) is 29.8 Å². The van der Waals surface area contributed by atoms with E-state index in [1.807, 2.05) is 0 Å². The van der Waals surface area contributed by atoms with Crippen LogP contribution in [0.2, 0.25) is 0 Å². The van der Waals surface area contributed by atoms with E-state index in [-0.39, 0.29) is 5.92 Å². The molecule has 0 aliphatic carbocycles. The van der Waals surface area contributed by atoms with E-state index < -0.39 is 0 Å². The summed E-state index contributed by atoms with van der Waals surface area (Å²) >= 11 is 0. The lowest BCUT2D eigenvalue weighted by molar-refractivity contribution is 0.521. The molecule has 0 fully saturated rings. The first-order valence-electron chi connectivity index (χ1n) is 12.0. The van der Waals surface area contributed by atoms with Crippen LogP contribution >= 0.6 is 0 Å². The van der Waals surface area contributed by atoms with Gasteiger partial charge in [-0.2, -0.15) is 0 Å². The van der Waals surface area contributed by atoms with Crippen molar-refractivity contribution in [3.8, 4) is 0 Å². The fourth-order valence-electron chi connectivity index (χ4n) is 5.65. The Morgan fingerprint density at radius 2 is 1.42 bits per heavy atom. The van der Waals surface area contributed by atoms with Crippen LogP contribution in [0.1, 0.15) is 34.6 Å².